The van der Waals surface area contributed by atoms with Crippen LogP contribution in [0.1, 0.15) is 22.6 Å². The number of ether oxygens (including phenoxy) is 1. The molecule has 1 unspecified atom stereocenters. The first-order chi connectivity index (χ1) is 13.7. The lowest BCUT2D eigenvalue weighted by Crippen LogP contribution is -2.38. The zero-order valence-electron chi connectivity index (χ0n) is 16.2. The van der Waals surface area contributed by atoms with Crippen molar-refractivity contribution < 1.29 is 9.13 Å². The van der Waals surface area contributed by atoms with Crippen LogP contribution < -0.4 is 4.90 Å². The summed E-state index contributed by atoms with van der Waals surface area (Å²) >= 11 is 0. The summed E-state index contributed by atoms with van der Waals surface area (Å²) in [5.74, 6) is 0.128. The van der Waals surface area contributed by atoms with Gasteiger partial charge in [0.2, 0.25) is 0 Å². The molecule has 0 spiro atoms. The SMILES string of the molecule is CN1Cc2c(ccc(N3CCOCC3)c2F)C(c2ccc3ccccc3c2)C1. The van der Waals surface area contributed by atoms with Gasteiger partial charge in [0.25, 0.3) is 0 Å². The van der Waals surface area contributed by atoms with Crippen molar-refractivity contribution in [2.75, 3.05) is 44.8 Å². The fourth-order valence-corrected chi connectivity index (χ4v) is 4.61. The fraction of sp³-hybridized carbons (Fsp3) is 0.333. The van der Waals surface area contributed by atoms with Crippen LogP contribution in [0.3, 0.4) is 0 Å². The van der Waals surface area contributed by atoms with Crippen molar-refractivity contribution >= 4 is 16.5 Å². The Kier molecular flexibility index (Phi) is 4.53. The summed E-state index contributed by atoms with van der Waals surface area (Å²) in [6.07, 6.45) is 0. The molecule has 1 fully saturated rings. The number of anilines is 1. The van der Waals surface area contributed by atoms with Crippen molar-refractivity contribution in [3.63, 3.8) is 0 Å². The van der Waals surface area contributed by atoms with Gasteiger partial charge >= 0.3 is 0 Å². The molecular weight excluding hydrogens is 351 g/mol. The van der Waals surface area contributed by atoms with Gasteiger partial charge in [-0.15, -0.1) is 0 Å². The highest BCUT2D eigenvalue weighted by Crippen LogP contribution is 2.38. The van der Waals surface area contributed by atoms with Crippen LogP contribution in [0.5, 0.6) is 0 Å². The number of benzene rings is 3. The van der Waals surface area contributed by atoms with Crippen LogP contribution in [-0.4, -0.2) is 44.8 Å². The number of hydrogen-bond donors (Lipinski definition) is 0. The molecule has 4 heteroatoms. The second kappa shape index (κ2) is 7.19. The average molecular weight is 376 g/mol. The number of halogens is 1. The molecule has 0 bridgehead atoms. The first-order valence-electron chi connectivity index (χ1n) is 10.0. The molecule has 0 N–H and O–H groups in total. The van der Waals surface area contributed by atoms with Gasteiger partial charge in [-0.2, -0.15) is 0 Å². The molecule has 0 saturated carbocycles. The van der Waals surface area contributed by atoms with E-state index in [-0.39, 0.29) is 11.7 Å². The lowest BCUT2D eigenvalue weighted by molar-refractivity contribution is 0.122. The summed E-state index contributed by atoms with van der Waals surface area (Å²) in [5, 5.41) is 2.48. The third-order valence-electron chi connectivity index (χ3n) is 6.08. The van der Waals surface area contributed by atoms with E-state index in [4.69, 9.17) is 4.74 Å². The molecule has 144 valence electrons. The van der Waals surface area contributed by atoms with Gasteiger partial charge in [0.05, 0.1) is 18.9 Å². The van der Waals surface area contributed by atoms with Crippen molar-refractivity contribution in [3.05, 3.63) is 77.1 Å². The molecule has 0 aromatic heterocycles. The summed E-state index contributed by atoms with van der Waals surface area (Å²) in [4.78, 5) is 4.34. The van der Waals surface area contributed by atoms with Gasteiger partial charge in [-0.25, -0.2) is 4.39 Å². The highest BCUT2D eigenvalue weighted by atomic mass is 19.1. The first kappa shape index (κ1) is 17.7. The zero-order chi connectivity index (χ0) is 19.1. The third kappa shape index (κ3) is 3.07. The lowest BCUT2D eigenvalue weighted by atomic mass is 9.83. The Morgan fingerprint density at radius 1 is 0.964 bits per heavy atom. The molecule has 2 heterocycles. The second-order valence-corrected chi connectivity index (χ2v) is 7.92. The maximum atomic E-state index is 15.5. The molecule has 3 aromatic carbocycles. The fourth-order valence-electron chi connectivity index (χ4n) is 4.61. The minimum Gasteiger partial charge on any atom is -0.378 e. The van der Waals surface area contributed by atoms with E-state index in [9.17, 15) is 0 Å². The van der Waals surface area contributed by atoms with Crippen molar-refractivity contribution in [1.29, 1.82) is 0 Å². The Balaban J connectivity index is 1.57. The van der Waals surface area contributed by atoms with E-state index in [1.807, 2.05) is 6.07 Å². The van der Waals surface area contributed by atoms with Crippen molar-refractivity contribution in [3.8, 4) is 0 Å². The van der Waals surface area contributed by atoms with E-state index < -0.39 is 0 Å². The molecule has 5 rings (SSSR count). The number of hydrogen-bond acceptors (Lipinski definition) is 3. The summed E-state index contributed by atoms with van der Waals surface area (Å²) < 4.78 is 21.0. The van der Waals surface area contributed by atoms with E-state index >= 15 is 4.39 Å². The highest BCUT2D eigenvalue weighted by Gasteiger charge is 2.29. The molecule has 1 saturated heterocycles. The Morgan fingerprint density at radius 3 is 2.57 bits per heavy atom. The standard InChI is InChI=1S/C24H25FN2O/c1-26-15-21(19-7-6-17-4-2-3-5-18(17)14-19)20-8-9-23(24(25)22(20)16-26)27-10-12-28-13-11-27/h2-9,14,21H,10-13,15-16H2,1H3. The number of fused-ring (bicyclic) bond motifs is 2. The quantitative estimate of drug-likeness (QED) is 0.660. The molecule has 0 radical (unpaired) electrons. The van der Waals surface area contributed by atoms with Crippen molar-refractivity contribution in [1.82, 2.24) is 4.90 Å². The molecular formula is C24H25FN2O. The molecule has 0 amide bonds. The first-order valence-corrected chi connectivity index (χ1v) is 10.0. The van der Waals surface area contributed by atoms with Crippen LogP contribution in [0.15, 0.2) is 54.6 Å². The second-order valence-electron chi connectivity index (χ2n) is 7.92. The molecule has 3 aromatic rings. The number of nitrogens with zero attached hydrogens (tertiary/aromatic N) is 2. The maximum Gasteiger partial charge on any atom is 0.151 e. The van der Waals surface area contributed by atoms with Crippen molar-refractivity contribution in [2.24, 2.45) is 0 Å². The topological polar surface area (TPSA) is 15.7 Å². The van der Waals surface area contributed by atoms with E-state index in [0.717, 1.165) is 36.4 Å². The van der Waals surface area contributed by atoms with Gasteiger partial charge in [0.15, 0.2) is 5.82 Å². The summed E-state index contributed by atoms with van der Waals surface area (Å²) in [5.41, 5.74) is 3.94. The Bertz CT molecular complexity index is 1010. The number of likely N-dealkylation sites (N-methyl/N-ethyl adjacent to an activating group) is 1. The van der Waals surface area contributed by atoms with Crippen LogP contribution in [0.2, 0.25) is 0 Å². The number of rotatable bonds is 2. The van der Waals surface area contributed by atoms with Crippen molar-refractivity contribution in [2.45, 2.75) is 12.5 Å². The van der Waals surface area contributed by atoms with Crippen LogP contribution in [0, 0.1) is 5.82 Å². The summed E-state index contributed by atoms with van der Waals surface area (Å²) in [6.45, 7) is 4.39. The highest BCUT2D eigenvalue weighted by molar-refractivity contribution is 5.83. The smallest absolute Gasteiger partial charge is 0.151 e. The predicted octanol–water partition coefficient (Wildman–Crippen LogP) is 4.39. The van der Waals surface area contributed by atoms with E-state index in [1.54, 1.807) is 0 Å². The number of morpholine rings is 1. The Morgan fingerprint density at radius 2 is 1.75 bits per heavy atom. The largest absolute Gasteiger partial charge is 0.378 e. The average Bonchev–Trinajstić information content (AvgIpc) is 2.74. The molecule has 2 aliphatic rings. The predicted molar refractivity (Wildman–Crippen MR) is 112 cm³/mol. The van der Waals surface area contributed by atoms with E-state index in [0.29, 0.717) is 19.8 Å². The van der Waals surface area contributed by atoms with Gasteiger partial charge in [-0.3, -0.25) is 0 Å². The Labute approximate surface area is 165 Å². The van der Waals surface area contributed by atoms with Gasteiger partial charge in [0, 0.05) is 37.7 Å². The van der Waals surface area contributed by atoms with Crippen LogP contribution in [-0.2, 0) is 11.3 Å². The summed E-state index contributed by atoms with van der Waals surface area (Å²) in [6, 6.07) is 19.2. The van der Waals surface area contributed by atoms with Gasteiger partial charge in [0.1, 0.15) is 0 Å². The molecule has 3 nitrogen and oxygen atoms in total. The summed E-state index contributed by atoms with van der Waals surface area (Å²) in [7, 11) is 2.08. The lowest BCUT2D eigenvalue weighted by Gasteiger charge is -2.35. The molecule has 28 heavy (non-hydrogen) atoms. The van der Waals surface area contributed by atoms with Gasteiger partial charge in [-0.05, 0) is 35.0 Å². The van der Waals surface area contributed by atoms with E-state index in [2.05, 4.69) is 65.4 Å². The third-order valence-corrected chi connectivity index (χ3v) is 6.08. The molecule has 0 aliphatic carbocycles. The normalized spacial score (nSPS) is 20.4. The van der Waals surface area contributed by atoms with Gasteiger partial charge < -0.3 is 14.5 Å². The Hall–Kier alpha value is -2.43. The van der Waals surface area contributed by atoms with Crippen LogP contribution >= 0.6 is 0 Å². The van der Waals surface area contributed by atoms with Gasteiger partial charge in [-0.1, -0.05) is 48.5 Å². The molecule has 2 aliphatic heterocycles. The monoisotopic (exact) mass is 376 g/mol. The van der Waals surface area contributed by atoms with E-state index in [1.165, 1.54) is 16.3 Å². The maximum absolute atomic E-state index is 15.5. The van der Waals surface area contributed by atoms with Crippen LogP contribution in [0.4, 0.5) is 10.1 Å². The zero-order valence-corrected chi connectivity index (χ0v) is 16.2. The van der Waals surface area contributed by atoms with Crippen LogP contribution in [0.25, 0.3) is 10.8 Å². The molecule has 1 atom stereocenters. The minimum atomic E-state index is -0.0586. The minimum absolute atomic E-state index is 0.0586.